The van der Waals surface area contributed by atoms with E-state index in [1.807, 2.05) is 6.92 Å². The molecule has 2 aliphatic rings. The zero-order valence-corrected chi connectivity index (χ0v) is 18.0. The maximum absolute atomic E-state index is 13.4. The van der Waals surface area contributed by atoms with Crippen LogP contribution in [0.4, 0.5) is 9.18 Å². The van der Waals surface area contributed by atoms with Crippen LogP contribution in [-0.4, -0.2) is 35.3 Å². The van der Waals surface area contributed by atoms with Gasteiger partial charge in [0.2, 0.25) is 5.91 Å². The number of amides is 4. The second kappa shape index (κ2) is 9.14. The Hall–Kier alpha value is -2.44. The molecule has 30 heavy (non-hydrogen) atoms. The quantitative estimate of drug-likeness (QED) is 0.664. The molecule has 2 N–H and O–H groups in total. The van der Waals surface area contributed by atoms with Gasteiger partial charge in [0.15, 0.2) is 0 Å². The smallest absolute Gasteiger partial charge is 0.325 e. The van der Waals surface area contributed by atoms with Crippen LogP contribution in [0.25, 0.3) is 0 Å². The number of halogens is 1. The summed E-state index contributed by atoms with van der Waals surface area (Å²) < 4.78 is 13.4. The molecular weight excluding hydrogens is 385 g/mol. The molecule has 7 heteroatoms. The lowest BCUT2D eigenvalue weighted by Gasteiger charge is -2.34. The normalized spacial score (nSPS) is 29.1. The molecule has 0 unspecified atom stereocenters. The van der Waals surface area contributed by atoms with Crippen molar-refractivity contribution >= 4 is 17.8 Å². The highest BCUT2D eigenvalue weighted by atomic mass is 19.1. The SMILES string of the molecule is CCCC[C@]1(c2ccc(F)cc2)NC(=O)N(CC(=O)N[C@H]2CCC[C@H](C)[C@@H]2C)C1=O. The predicted octanol–water partition coefficient (Wildman–Crippen LogP) is 3.70. The molecular formula is C23H32FN3O3. The second-order valence-electron chi connectivity index (χ2n) is 8.78. The molecule has 6 nitrogen and oxygen atoms in total. The average molecular weight is 418 g/mol. The third kappa shape index (κ3) is 4.35. The summed E-state index contributed by atoms with van der Waals surface area (Å²) in [7, 11) is 0. The van der Waals surface area contributed by atoms with Crippen LogP contribution in [0.2, 0.25) is 0 Å². The number of benzene rings is 1. The number of rotatable bonds is 7. The topological polar surface area (TPSA) is 78.5 Å². The number of imide groups is 1. The summed E-state index contributed by atoms with van der Waals surface area (Å²) in [6.07, 6.45) is 5.07. The van der Waals surface area contributed by atoms with Gasteiger partial charge >= 0.3 is 6.03 Å². The Morgan fingerprint density at radius 2 is 1.93 bits per heavy atom. The first kappa shape index (κ1) is 22.2. The van der Waals surface area contributed by atoms with E-state index in [1.54, 1.807) is 0 Å². The van der Waals surface area contributed by atoms with Gasteiger partial charge in [0, 0.05) is 6.04 Å². The third-order valence-corrected chi connectivity index (χ3v) is 6.77. The van der Waals surface area contributed by atoms with Crippen molar-refractivity contribution in [1.29, 1.82) is 0 Å². The number of urea groups is 1. The molecule has 0 bridgehead atoms. The Kier molecular flexibility index (Phi) is 6.78. The number of hydrogen-bond acceptors (Lipinski definition) is 3. The summed E-state index contributed by atoms with van der Waals surface area (Å²) in [5.74, 6) is -0.301. The van der Waals surface area contributed by atoms with Gasteiger partial charge in [-0.05, 0) is 42.4 Å². The molecule has 0 radical (unpaired) electrons. The van der Waals surface area contributed by atoms with Crippen LogP contribution in [0.1, 0.15) is 64.9 Å². The van der Waals surface area contributed by atoms with Gasteiger partial charge in [-0.2, -0.15) is 0 Å². The minimum Gasteiger partial charge on any atom is -0.352 e. The van der Waals surface area contributed by atoms with E-state index in [0.29, 0.717) is 30.2 Å². The molecule has 2 fully saturated rings. The van der Waals surface area contributed by atoms with E-state index in [4.69, 9.17) is 0 Å². The number of nitrogens with one attached hydrogen (secondary N) is 2. The number of carbonyl (C=O) groups excluding carboxylic acids is 3. The van der Waals surface area contributed by atoms with E-state index in [1.165, 1.54) is 24.3 Å². The van der Waals surface area contributed by atoms with Crippen molar-refractivity contribution in [1.82, 2.24) is 15.5 Å². The zero-order valence-electron chi connectivity index (χ0n) is 18.0. The zero-order chi connectivity index (χ0) is 21.9. The molecule has 4 atom stereocenters. The van der Waals surface area contributed by atoms with E-state index >= 15 is 0 Å². The molecule has 1 aliphatic carbocycles. The lowest BCUT2D eigenvalue weighted by atomic mass is 9.78. The Bertz CT molecular complexity index is 797. The van der Waals surface area contributed by atoms with Crippen LogP contribution in [0.3, 0.4) is 0 Å². The van der Waals surface area contributed by atoms with Gasteiger partial charge in [0.25, 0.3) is 5.91 Å². The van der Waals surface area contributed by atoms with Crippen molar-refractivity contribution in [3.63, 3.8) is 0 Å². The van der Waals surface area contributed by atoms with Gasteiger partial charge in [-0.3, -0.25) is 14.5 Å². The largest absolute Gasteiger partial charge is 0.352 e. The van der Waals surface area contributed by atoms with Gasteiger partial charge in [-0.25, -0.2) is 9.18 Å². The Morgan fingerprint density at radius 1 is 1.23 bits per heavy atom. The summed E-state index contributed by atoms with van der Waals surface area (Å²) in [5, 5.41) is 5.82. The molecule has 3 rings (SSSR count). The van der Waals surface area contributed by atoms with Crippen molar-refractivity contribution in [3.8, 4) is 0 Å². The van der Waals surface area contributed by atoms with Gasteiger partial charge in [0.1, 0.15) is 17.9 Å². The van der Waals surface area contributed by atoms with Gasteiger partial charge in [-0.15, -0.1) is 0 Å². The first-order valence-electron chi connectivity index (χ1n) is 11.0. The summed E-state index contributed by atoms with van der Waals surface area (Å²) in [6, 6.07) is 5.09. The maximum Gasteiger partial charge on any atom is 0.325 e. The van der Waals surface area contributed by atoms with Crippen LogP contribution >= 0.6 is 0 Å². The summed E-state index contributed by atoms with van der Waals surface area (Å²) in [5.41, 5.74) is -0.721. The van der Waals surface area contributed by atoms with Crippen LogP contribution in [0, 0.1) is 17.7 Å². The lowest BCUT2D eigenvalue weighted by molar-refractivity contribution is -0.135. The molecule has 1 aliphatic heterocycles. The van der Waals surface area contributed by atoms with Gasteiger partial charge in [-0.1, -0.05) is 58.6 Å². The Labute approximate surface area is 177 Å². The molecule has 0 spiro atoms. The molecule has 1 heterocycles. The van der Waals surface area contributed by atoms with Crippen molar-refractivity contribution in [2.45, 2.75) is 70.9 Å². The highest BCUT2D eigenvalue weighted by molar-refractivity contribution is 6.09. The van der Waals surface area contributed by atoms with Crippen LogP contribution in [0.15, 0.2) is 24.3 Å². The van der Waals surface area contributed by atoms with E-state index < -0.39 is 23.3 Å². The van der Waals surface area contributed by atoms with Crippen LogP contribution < -0.4 is 10.6 Å². The van der Waals surface area contributed by atoms with Crippen molar-refractivity contribution in [3.05, 3.63) is 35.6 Å². The number of unbranched alkanes of at least 4 members (excludes halogenated alkanes) is 1. The monoisotopic (exact) mass is 417 g/mol. The van der Waals surface area contributed by atoms with Crippen LogP contribution in [-0.2, 0) is 15.1 Å². The van der Waals surface area contributed by atoms with Crippen LogP contribution in [0.5, 0.6) is 0 Å². The molecule has 1 saturated heterocycles. The molecule has 1 aromatic rings. The first-order chi connectivity index (χ1) is 14.3. The summed E-state index contributed by atoms with van der Waals surface area (Å²) in [4.78, 5) is 39.7. The minimum absolute atomic E-state index is 0.0592. The predicted molar refractivity (Wildman–Crippen MR) is 112 cm³/mol. The fourth-order valence-corrected chi connectivity index (χ4v) is 4.64. The number of nitrogens with zero attached hydrogens (tertiary/aromatic N) is 1. The minimum atomic E-state index is -1.26. The van der Waals surface area contributed by atoms with Gasteiger partial charge < -0.3 is 10.6 Å². The third-order valence-electron chi connectivity index (χ3n) is 6.77. The second-order valence-corrected chi connectivity index (χ2v) is 8.78. The summed E-state index contributed by atoms with van der Waals surface area (Å²) >= 11 is 0. The van der Waals surface area contributed by atoms with E-state index in [-0.39, 0.29) is 18.5 Å². The maximum atomic E-state index is 13.4. The average Bonchev–Trinajstić information content (AvgIpc) is 2.95. The fourth-order valence-electron chi connectivity index (χ4n) is 4.64. The molecule has 0 aromatic heterocycles. The van der Waals surface area contributed by atoms with E-state index in [9.17, 15) is 18.8 Å². The Balaban J connectivity index is 1.76. The van der Waals surface area contributed by atoms with Crippen molar-refractivity contribution < 1.29 is 18.8 Å². The standard InChI is InChI=1S/C23H32FN3O3/c1-4-5-13-23(17-9-11-18(24)12-10-17)21(29)27(22(30)26-23)14-20(28)25-19-8-6-7-15(2)16(19)3/h9-12,15-16,19H,4-8,13-14H2,1-3H3,(H,25,28)(H,26,30)/t15-,16-,19-,23+/m0/s1. The van der Waals surface area contributed by atoms with Crippen molar-refractivity contribution in [2.75, 3.05) is 6.54 Å². The first-order valence-corrected chi connectivity index (χ1v) is 11.0. The fraction of sp³-hybridized carbons (Fsp3) is 0.609. The van der Waals surface area contributed by atoms with Crippen molar-refractivity contribution in [2.24, 2.45) is 11.8 Å². The molecule has 164 valence electrons. The number of carbonyl (C=O) groups is 3. The molecule has 4 amide bonds. The molecule has 1 aromatic carbocycles. The summed E-state index contributed by atoms with van der Waals surface area (Å²) in [6.45, 7) is 6.01. The molecule has 1 saturated carbocycles. The Morgan fingerprint density at radius 3 is 2.60 bits per heavy atom. The highest BCUT2D eigenvalue weighted by Crippen LogP contribution is 2.34. The van der Waals surface area contributed by atoms with E-state index in [2.05, 4.69) is 24.5 Å². The van der Waals surface area contributed by atoms with E-state index in [0.717, 1.165) is 30.6 Å². The lowest BCUT2D eigenvalue weighted by Crippen LogP contribution is -2.49. The number of hydrogen-bond donors (Lipinski definition) is 2. The highest BCUT2D eigenvalue weighted by Gasteiger charge is 2.52. The van der Waals surface area contributed by atoms with Gasteiger partial charge in [0.05, 0.1) is 0 Å².